The number of carbonyl (C=O) groups excluding carboxylic acids is 1. The zero-order valence-corrected chi connectivity index (χ0v) is 10.0. The van der Waals surface area contributed by atoms with Crippen molar-refractivity contribution in [2.45, 2.75) is 6.92 Å². The van der Waals surface area contributed by atoms with E-state index in [1.807, 2.05) is 0 Å². The number of ether oxygens (including phenoxy) is 2. The summed E-state index contributed by atoms with van der Waals surface area (Å²) in [6.07, 6.45) is 0. The lowest BCUT2D eigenvalue weighted by Crippen LogP contribution is -2.08. The van der Waals surface area contributed by atoms with Gasteiger partial charge in [-0.2, -0.15) is 0 Å². The van der Waals surface area contributed by atoms with Gasteiger partial charge in [-0.05, 0) is 24.2 Å². The molecule has 0 saturated heterocycles. The van der Waals surface area contributed by atoms with Crippen molar-refractivity contribution in [1.82, 2.24) is 0 Å². The number of hydrogen-bond acceptors (Lipinski definition) is 6. The molecule has 96 valence electrons. The molecule has 6 nitrogen and oxygen atoms in total. The molecule has 0 aromatic heterocycles. The number of carbonyl (C=O) groups is 1. The van der Waals surface area contributed by atoms with Crippen LogP contribution in [0.25, 0.3) is 5.76 Å². The maximum atomic E-state index is 11.4. The molecule has 0 heterocycles. The van der Waals surface area contributed by atoms with Crippen LogP contribution in [0.15, 0.2) is 35.1 Å². The topological polar surface area (TPSA) is 85.2 Å². The minimum Gasteiger partial charge on any atom is -0.505 e. The van der Waals surface area contributed by atoms with Crippen molar-refractivity contribution < 1.29 is 19.4 Å². The second kappa shape index (κ2) is 6.39. The number of aliphatic hydroxyl groups is 1. The van der Waals surface area contributed by atoms with Gasteiger partial charge in [0, 0.05) is 5.56 Å². The molecule has 0 saturated carbocycles. The molecule has 0 bridgehead atoms. The lowest BCUT2D eigenvalue weighted by molar-refractivity contribution is -0.138. The van der Waals surface area contributed by atoms with Gasteiger partial charge in [0.05, 0.1) is 13.7 Å². The average Bonchev–Trinajstić information content (AvgIpc) is 2.40. The van der Waals surface area contributed by atoms with Gasteiger partial charge < -0.3 is 14.6 Å². The van der Waals surface area contributed by atoms with Gasteiger partial charge in [-0.15, -0.1) is 4.91 Å². The molecule has 0 fully saturated rings. The monoisotopic (exact) mass is 251 g/mol. The summed E-state index contributed by atoms with van der Waals surface area (Å²) in [5.74, 6) is -1.02. The fraction of sp³-hybridized carbons (Fsp3) is 0.250. The van der Waals surface area contributed by atoms with E-state index < -0.39 is 17.4 Å². The van der Waals surface area contributed by atoms with Crippen molar-refractivity contribution in [1.29, 1.82) is 0 Å². The fourth-order valence-corrected chi connectivity index (χ4v) is 1.28. The Bertz CT molecular complexity index is 481. The van der Waals surface area contributed by atoms with Crippen LogP contribution in [0.5, 0.6) is 5.75 Å². The van der Waals surface area contributed by atoms with Gasteiger partial charge in [0.15, 0.2) is 5.76 Å². The molecule has 1 aromatic rings. The first kappa shape index (κ1) is 13.7. The highest BCUT2D eigenvalue weighted by molar-refractivity contribution is 5.95. The Labute approximate surface area is 104 Å². The average molecular weight is 251 g/mol. The van der Waals surface area contributed by atoms with Crippen LogP contribution in [0, 0.1) is 4.91 Å². The lowest BCUT2D eigenvalue weighted by atomic mass is 10.1. The SMILES string of the molecule is CCOC(=O)/C(N=O)=C(\O)c1cccc(OC)c1. The van der Waals surface area contributed by atoms with Crippen molar-refractivity contribution in [2.24, 2.45) is 5.18 Å². The van der Waals surface area contributed by atoms with E-state index in [-0.39, 0.29) is 12.2 Å². The first-order valence-electron chi connectivity index (χ1n) is 5.22. The highest BCUT2D eigenvalue weighted by Crippen LogP contribution is 2.22. The van der Waals surface area contributed by atoms with Crippen molar-refractivity contribution in [3.8, 4) is 5.75 Å². The zero-order valence-electron chi connectivity index (χ0n) is 10.0. The number of rotatable bonds is 5. The second-order valence-corrected chi connectivity index (χ2v) is 3.24. The predicted molar refractivity (Wildman–Crippen MR) is 65.0 cm³/mol. The number of nitrogens with zero attached hydrogens (tertiary/aromatic N) is 1. The molecule has 1 rings (SSSR count). The molecule has 0 aliphatic rings. The Morgan fingerprint density at radius 1 is 1.44 bits per heavy atom. The van der Waals surface area contributed by atoms with Crippen LogP contribution in [-0.4, -0.2) is 24.8 Å². The number of aliphatic hydroxyl groups excluding tert-OH is 1. The van der Waals surface area contributed by atoms with Gasteiger partial charge in [0.1, 0.15) is 5.75 Å². The van der Waals surface area contributed by atoms with E-state index >= 15 is 0 Å². The van der Waals surface area contributed by atoms with E-state index in [1.54, 1.807) is 19.1 Å². The standard InChI is InChI=1S/C12H13NO5/c1-3-18-12(15)10(13-16)11(14)8-5-4-6-9(7-8)17-2/h4-7,14H,3H2,1-2H3/b11-10+. The van der Waals surface area contributed by atoms with Crippen molar-refractivity contribution in [3.63, 3.8) is 0 Å². The first-order valence-corrected chi connectivity index (χ1v) is 5.22. The molecular formula is C12H13NO5. The van der Waals surface area contributed by atoms with Crippen LogP contribution in [0.4, 0.5) is 0 Å². The summed E-state index contributed by atoms with van der Waals surface area (Å²) in [5.41, 5.74) is -0.415. The molecule has 0 radical (unpaired) electrons. The zero-order chi connectivity index (χ0) is 13.5. The number of methoxy groups -OCH3 is 1. The lowest BCUT2D eigenvalue weighted by Gasteiger charge is -2.05. The third-order valence-corrected chi connectivity index (χ3v) is 2.13. The Morgan fingerprint density at radius 3 is 2.72 bits per heavy atom. The van der Waals surface area contributed by atoms with Crippen LogP contribution in [-0.2, 0) is 9.53 Å². The van der Waals surface area contributed by atoms with Crippen molar-refractivity contribution in [3.05, 3.63) is 40.4 Å². The molecule has 0 aliphatic carbocycles. The van der Waals surface area contributed by atoms with Crippen LogP contribution in [0.3, 0.4) is 0 Å². The van der Waals surface area contributed by atoms with E-state index in [9.17, 15) is 14.8 Å². The van der Waals surface area contributed by atoms with Gasteiger partial charge in [-0.1, -0.05) is 12.1 Å². The van der Waals surface area contributed by atoms with E-state index in [0.29, 0.717) is 5.75 Å². The summed E-state index contributed by atoms with van der Waals surface area (Å²) in [5, 5.41) is 12.3. The van der Waals surface area contributed by atoms with E-state index in [4.69, 9.17) is 4.74 Å². The van der Waals surface area contributed by atoms with Gasteiger partial charge in [-0.25, -0.2) is 4.79 Å². The smallest absolute Gasteiger partial charge is 0.364 e. The number of esters is 1. The van der Waals surface area contributed by atoms with E-state index in [2.05, 4.69) is 9.91 Å². The molecule has 0 amide bonds. The van der Waals surface area contributed by atoms with Crippen LogP contribution in [0.1, 0.15) is 12.5 Å². The first-order chi connectivity index (χ1) is 8.63. The number of benzene rings is 1. The Morgan fingerprint density at radius 2 is 2.17 bits per heavy atom. The summed E-state index contributed by atoms with van der Waals surface area (Å²) >= 11 is 0. The highest BCUT2D eigenvalue weighted by Gasteiger charge is 2.19. The van der Waals surface area contributed by atoms with Gasteiger partial charge in [0.2, 0.25) is 5.70 Å². The van der Waals surface area contributed by atoms with Gasteiger partial charge in [0.25, 0.3) is 0 Å². The quantitative estimate of drug-likeness (QED) is 0.375. The molecule has 0 unspecified atom stereocenters. The Hall–Kier alpha value is -2.37. The largest absolute Gasteiger partial charge is 0.505 e. The van der Waals surface area contributed by atoms with Crippen LogP contribution in [0.2, 0.25) is 0 Å². The molecule has 0 aliphatic heterocycles. The maximum absolute atomic E-state index is 11.4. The molecule has 0 spiro atoms. The maximum Gasteiger partial charge on any atom is 0.364 e. The molecule has 1 N–H and O–H groups in total. The predicted octanol–water partition coefficient (Wildman–Crippen LogP) is 2.25. The number of nitroso groups, excluding NO2 is 1. The molecule has 0 atom stereocenters. The van der Waals surface area contributed by atoms with Gasteiger partial charge in [-0.3, -0.25) is 0 Å². The fourth-order valence-electron chi connectivity index (χ4n) is 1.28. The molecule has 6 heteroatoms. The van der Waals surface area contributed by atoms with Crippen LogP contribution >= 0.6 is 0 Å². The molecule has 18 heavy (non-hydrogen) atoms. The van der Waals surface area contributed by atoms with Crippen molar-refractivity contribution in [2.75, 3.05) is 13.7 Å². The van der Waals surface area contributed by atoms with E-state index in [0.717, 1.165) is 0 Å². The van der Waals surface area contributed by atoms with E-state index in [1.165, 1.54) is 19.2 Å². The summed E-state index contributed by atoms with van der Waals surface area (Å²) < 4.78 is 9.58. The van der Waals surface area contributed by atoms with Crippen molar-refractivity contribution >= 4 is 11.7 Å². The summed E-state index contributed by atoms with van der Waals surface area (Å²) in [6.45, 7) is 1.67. The third-order valence-electron chi connectivity index (χ3n) is 2.13. The Kier molecular flexibility index (Phi) is 4.86. The Balaban J connectivity index is 3.17. The summed E-state index contributed by atoms with van der Waals surface area (Å²) in [6, 6.07) is 6.26. The minimum absolute atomic E-state index is 0.0866. The molecular weight excluding hydrogens is 238 g/mol. The highest BCUT2D eigenvalue weighted by atomic mass is 16.5. The molecule has 1 aromatic carbocycles. The van der Waals surface area contributed by atoms with Crippen LogP contribution < -0.4 is 4.74 Å². The number of hydrogen-bond donors (Lipinski definition) is 1. The second-order valence-electron chi connectivity index (χ2n) is 3.24. The third kappa shape index (κ3) is 3.07. The summed E-state index contributed by atoms with van der Waals surface area (Å²) in [4.78, 5) is 22.0. The normalized spacial score (nSPS) is 11.4. The minimum atomic E-state index is -0.965. The van der Waals surface area contributed by atoms with Gasteiger partial charge >= 0.3 is 5.97 Å². The summed E-state index contributed by atoms with van der Waals surface area (Å²) in [7, 11) is 1.46.